The minimum absolute atomic E-state index is 0.191. The molecule has 0 radical (unpaired) electrons. The number of carboxylic acid groups (broad SMARTS) is 1. The van der Waals surface area contributed by atoms with Crippen LogP contribution in [0.3, 0.4) is 0 Å². The Kier molecular flexibility index (Phi) is 6.17. The second kappa shape index (κ2) is 7.17. The topological polar surface area (TPSA) is 49.4 Å². The molecule has 1 atom stereocenters. The monoisotopic (exact) mass is 277 g/mol. The second-order valence-corrected chi connectivity index (χ2v) is 5.74. The van der Waals surface area contributed by atoms with E-state index in [0.717, 1.165) is 19.3 Å². The molecule has 0 aromatic carbocycles. The number of ether oxygens (including phenoxy) is 1. The molecule has 0 saturated heterocycles. The molecule has 0 aromatic rings. The van der Waals surface area contributed by atoms with Gasteiger partial charge in [0, 0.05) is 6.61 Å². The van der Waals surface area contributed by atoms with Crippen molar-refractivity contribution in [2.45, 2.75) is 64.4 Å². The van der Waals surface area contributed by atoms with Gasteiger partial charge < -0.3 is 14.6 Å². The van der Waals surface area contributed by atoms with Crippen molar-refractivity contribution in [3.8, 4) is 0 Å². The summed E-state index contributed by atoms with van der Waals surface area (Å²) in [4.78, 5) is 10.5. The number of halogens is 2. The van der Waals surface area contributed by atoms with Crippen LogP contribution < -0.4 is 5.11 Å². The summed E-state index contributed by atoms with van der Waals surface area (Å²) in [5.41, 5.74) is 0. The zero-order chi connectivity index (χ0) is 14.5. The van der Waals surface area contributed by atoms with Crippen LogP contribution in [0.5, 0.6) is 0 Å². The lowest BCUT2D eigenvalue weighted by Gasteiger charge is -2.31. The fourth-order valence-electron chi connectivity index (χ4n) is 2.67. The molecule has 0 aliphatic heterocycles. The molecule has 0 bridgehead atoms. The van der Waals surface area contributed by atoms with Gasteiger partial charge >= 0.3 is 5.92 Å². The predicted octanol–water partition coefficient (Wildman–Crippen LogP) is 2.38. The van der Waals surface area contributed by atoms with Gasteiger partial charge in [0.2, 0.25) is 0 Å². The number of alkyl halides is 2. The van der Waals surface area contributed by atoms with E-state index in [1.807, 2.05) is 0 Å². The summed E-state index contributed by atoms with van der Waals surface area (Å²) in [6.07, 6.45) is 4.97. The van der Waals surface area contributed by atoms with Crippen molar-refractivity contribution in [2.24, 2.45) is 11.8 Å². The minimum Gasteiger partial charge on any atom is -0.544 e. The maximum absolute atomic E-state index is 13.4. The van der Waals surface area contributed by atoms with Crippen LogP contribution >= 0.6 is 0 Å². The summed E-state index contributed by atoms with van der Waals surface area (Å²) in [6, 6.07) is 0. The maximum Gasteiger partial charge on any atom is 0.312 e. The normalized spacial score (nSPS) is 19.6. The molecule has 1 aliphatic carbocycles. The first-order valence-corrected chi connectivity index (χ1v) is 7.06. The molecule has 0 N–H and O–H groups in total. The fourth-order valence-corrected chi connectivity index (χ4v) is 2.67. The summed E-state index contributed by atoms with van der Waals surface area (Å²) in [5, 5.41) is 10.5. The molecule has 0 spiro atoms. The number of hydrogen-bond acceptors (Lipinski definition) is 3. The number of carbonyl (C=O) groups is 1. The first kappa shape index (κ1) is 16.3. The first-order chi connectivity index (χ1) is 8.85. The second-order valence-electron chi connectivity index (χ2n) is 5.74. The Bertz CT molecular complexity index is 286. The quantitative estimate of drug-likeness (QED) is 0.718. The zero-order valence-electron chi connectivity index (χ0n) is 11.7. The highest BCUT2D eigenvalue weighted by Gasteiger charge is 2.44. The van der Waals surface area contributed by atoms with E-state index >= 15 is 0 Å². The molecule has 1 fully saturated rings. The summed E-state index contributed by atoms with van der Waals surface area (Å²) in [6.45, 7) is 3.25. The fraction of sp³-hybridized carbons (Fsp3) is 0.929. The zero-order valence-corrected chi connectivity index (χ0v) is 11.7. The average Bonchev–Trinajstić information content (AvgIpc) is 2.35. The van der Waals surface area contributed by atoms with Crippen LogP contribution in [0.2, 0.25) is 0 Å². The lowest BCUT2D eigenvalue weighted by molar-refractivity contribution is -0.339. The summed E-state index contributed by atoms with van der Waals surface area (Å²) >= 11 is 0. The Balaban J connectivity index is 2.43. The van der Waals surface area contributed by atoms with Crippen LogP contribution in [0, 0.1) is 11.8 Å². The predicted molar refractivity (Wildman–Crippen MR) is 65.7 cm³/mol. The highest BCUT2D eigenvalue weighted by atomic mass is 19.3. The third-order valence-corrected chi connectivity index (χ3v) is 3.78. The first-order valence-electron chi connectivity index (χ1n) is 7.06. The van der Waals surface area contributed by atoms with Crippen LogP contribution in [-0.4, -0.2) is 24.6 Å². The third kappa shape index (κ3) is 4.71. The van der Waals surface area contributed by atoms with Crippen molar-refractivity contribution in [3.05, 3.63) is 0 Å². The Morgan fingerprint density at radius 3 is 2.37 bits per heavy atom. The van der Waals surface area contributed by atoms with Crippen LogP contribution in [0.25, 0.3) is 0 Å². The van der Waals surface area contributed by atoms with Gasteiger partial charge in [0.25, 0.3) is 0 Å². The molecule has 112 valence electrons. The van der Waals surface area contributed by atoms with E-state index in [4.69, 9.17) is 4.74 Å². The van der Waals surface area contributed by atoms with Crippen LogP contribution in [-0.2, 0) is 9.53 Å². The van der Waals surface area contributed by atoms with Gasteiger partial charge in [-0.3, -0.25) is 0 Å². The van der Waals surface area contributed by atoms with Gasteiger partial charge in [-0.15, -0.1) is 0 Å². The number of carbonyl (C=O) groups excluding carboxylic acids is 1. The highest BCUT2D eigenvalue weighted by molar-refractivity contribution is 5.73. The van der Waals surface area contributed by atoms with E-state index in [2.05, 4.69) is 0 Å². The standard InChI is InChI=1S/C14H24F2O3/c1-10(2)12(14(15,16)13(17)18)19-9-8-11-6-4-3-5-7-11/h10-12H,3-9H2,1-2H3,(H,17,18)/p-1. The number of carboxylic acids is 1. The Morgan fingerprint density at radius 1 is 1.32 bits per heavy atom. The molecule has 0 heterocycles. The van der Waals surface area contributed by atoms with Crippen molar-refractivity contribution >= 4 is 5.97 Å². The molecule has 3 nitrogen and oxygen atoms in total. The van der Waals surface area contributed by atoms with Gasteiger partial charge in [0.15, 0.2) is 0 Å². The Hall–Kier alpha value is -0.710. The van der Waals surface area contributed by atoms with Gasteiger partial charge in [0.05, 0.1) is 0 Å². The van der Waals surface area contributed by atoms with Gasteiger partial charge in [-0.25, -0.2) is 0 Å². The summed E-state index contributed by atoms with van der Waals surface area (Å²) in [5.74, 6) is -6.33. The Morgan fingerprint density at radius 2 is 1.89 bits per heavy atom. The molecule has 5 heteroatoms. The smallest absolute Gasteiger partial charge is 0.312 e. The van der Waals surface area contributed by atoms with Crippen molar-refractivity contribution in [2.75, 3.05) is 6.61 Å². The van der Waals surface area contributed by atoms with E-state index in [0.29, 0.717) is 5.92 Å². The molecule has 1 aliphatic rings. The van der Waals surface area contributed by atoms with E-state index in [9.17, 15) is 18.7 Å². The van der Waals surface area contributed by atoms with E-state index in [1.54, 1.807) is 0 Å². The van der Waals surface area contributed by atoms with E-state index in [1.165, 1.54) is 33.1 Å². The van der Waals surface area contributed by atoms with Crippen LogP contribution in [0.15, 0.2) is 0 Å². The lowest BCUT2D eigenvalue weighted by Crippen LogP contribution is -2.52. The number of rotatable bonds is 7. The van der Waals surface area contributed by atoms with Crippen LogP contribution in [0.1, 0.15) is 52.4 Å². The SMILES string of the molecule is CC(C)C(OCCC1CCCCC1)C(F)(F)C(=O)[O-]. The molecule has 1 saturated carbocycles. The van der Waals surface area contributed by atoms with Gasteiger partial charge in [-0.05, 0) is 18.3 Å². The van der Waals surface area contributed by atoms with Crippen molar-refractivity contribution in [3.63, 3.8) is 0 Å². The molecule has 0 aromatic heterocycles. The molecule has 1 unspecified atom stereocenters. The molecule has 1 rings (SSSR count). The van der Waals surface area contributed by atoms with Crippen LogP contribution in [0.4, 0.5) is 8.78 Å². The Labute approximate surface area is 113 Å². The lowest BCUT2D eigenvalue weighted by atomic mass is 9.87. The van der Waals surface area contributed by atoms with Gasteiger partial charge in [-0.1, -0.05) is 46.0 Å². The van der Waals surface area contributed by atoms with Crippen molar-refractivity contribution in [1.82, 2.24) is 0 Å². The number of aliphatic carboxylic acids is 1. The minimum atomic E-state index is -3.93. The van der Waals surface area contributed by atoms with E-state index in [-0.39, 0.29) is 6.61 Å². The van der Waals surface area contributed by atoms with Gasteiger partial charge in [0.1, 0.15) is 12.1 Å². The summed E-state index contributed by atoms with van der Waals surface area (Å²) in [7, 11) is 0. The maximum atomic E-state index is 13.4. The summed E-state index contributed by atoms with van der Waals surface area (Å²) < 4.78 is 32.0. The number of hydrogen-bond donors (Lipinski definition) is 0. The van der Waals surface area contributed by atoms with E-state index < -0.39 is 23.9 Å². The molecular weight excluding hydrogens is 254 g/mol. The largest absolute Gasteiger partial charge is 0.544 e. The van der Waals surface area contributed by atoms with Gasteiger partial charge in [-0.2, -0.15) is 8.78 Å². The molecule has 0 amide bonds. The highest BCUT2D eigenvalue weighted by Crippen LogP contribution is 2.29. The molecular formula is C14H23F2O3-. The molecule has 19 heavy (non-hydrogen) atoms. The van der Waals surface area contributed by atoms with Crippen molar-refractivity contribution < 1.29 is 23.4 Å². The average molecular weight is 277 g/mol. The third-order valence-electron chi connectivity index (χ3n) is 3.78. The van der Waals surface area contributed by atoms with Crippen molar-refractivity contribution in [1.29, 1.82) is 0 Å².